The van der Waals surface area contributed by atoms with Gasteiger partial charge < -0.3 is 10.4 Å². The number of benzene rings is 2. The van der Waals surface area contributed by atoms with Gasteiger partial charge in [0.15, 0.2) is 6.29 Å². The standard InChI is InChI=1S/C34H45ClFN3O4/c1-6-7-8-30(23-9-11-24(12-10-23)32(43)37-18-15-31(41)42)39(5)34(16-13-26(14-17-34)33(2,3)4)38-29(22-40)25-19-27(35)21-28(36)20-25/h9-12,19-22,26,30H,6-8,13-18H2,1-5H3,(H,37,43)(H,41,42)/b38-29+. The van der Waals surface area contributed by atoms with E-state index in [4.69, 9.17) is 21.7 Å². The Kier molecular flexibility index (Phi) is 12.0. The van der Waals surface area contributed by atoms with Gasteiger partial charge in [0, 0.05) is 28.7 Å². The maximum absolute atomic E-state index is 14.3. The zero-order valence-electron chi connectivity index (χ0n) is 26.0. The van der Waals surface area contributed by atoms with Crippen LogP contribution in [0.5, 0.6) is 0 Å². The molecule has 1 fully saturated rings. The fourth-order valence-electron chi connectivity index (χ4n) is 6.09. The van der Waals surface area contributed by atoms with E-state index in [1.807, 2.05) is 12.1 Å². The molecule has 0 saturated heterocycles. The highest BCUT2D eigenvalue weighted by Gasteiger charge is 2.44. The quantitative estimate of drug-likeness (QED) is 0.180. The third-order valence-corrected chi connectivity index (χ3v) is 8.97. The molecule has 0 aromatic heterocycles. The smallest absolute Gasteiger partial charge is 0.305 e. The summed E-state index contributed by atoms with van der Waals surface area (Å²) in [6.45, 7) is 8.97. The van der Waals surface area contributed by atoms with Gasteiger partial charge in [-0.1, -0.05) is 64.3 Å². The molecule has 2 N–H and O–H groups in total. The van der Waals surface area contributed by atoms with Crippen LogP contribution in [-0.4, -0.2) is 53.1 Å². The van der Waals surface area contributed by atoms with Crippen LogP contribution < -0.4 is 5.32 Å². The number of aliphatic carboxylic acids is 1. The molecule has 2 aromatic carbocycles. The number of carboxylic acids is 1. The summed E-state index contributed by atoms with van der Waals surface area (Å²) in [6, 6.07) is 11.4. The summed E-state index contributed by atoms with van der Waals surface area (Å²) in [4.78, 5) is 43.2. The minimum atomic E-state index is -0.969. The van der Waals surface area contributed by atoms with Crippen LogP contribution in [0.1, 0.15) is 107 Å². The monoisotopic (exact) mass is 613 g/mol. The van der Waals surface area contributed by atoms with Gasteiger partial charge in [0.1, 0.15) is 17.2 Å². The first-order valence-corrected chi connectivity index (χ1v) is 15.5. The largest absolute Gasteiger partial charge is 0.481 e. The van der Waals surface area contributed by atoms with Crippen LogP contribution in [0.15, 0.2) is 47.5 Å². The van der Waals surface area contributed by atoms with Gasteiger partial charge in [0.05, 0.1) is 6.42 Å². The molecule has 1 atom stereocenters. The van der Waals surface area contributed by atoms with Crippen molar-refractivity contribution in [1.82, 2.24) is 10.2 Å². The van der Waals surface area contributed by atoms with Crippen LogP contribution in [0.4, 0.5) is 4.39 Å². The normalized spacial score (nSPS) is 20.1. The second kappa shape index (κ2) is 15.1. The van der Waals surface area contributed by atoms with E-state index in [-0.39, 0.29) is 41.1 Å². The summed E-state index contributed by atoms with van der Waals surface area (Å²) in [5.74, 6) is -1.31. The predicted molar refractivity (Wildman–Crippen MR) is 169 cm³/mol. The number of hydrogen-bond acceptors (Lipinski definition) is 5. The number of aliphatic imine (C=N–C) groups is 1. The summed E-state index contributed by atoms with van der Waals surface area (Å²) in [5, 5.41) is 11.7. The maximum Gasteiger partial charge on any atom is 0.305 e. The number of nitrogens with zero attached hydrogens (tertiary/aromatic N) is 2. The first-order valence-electron chi connectivity index (χ1n) is 15.1. The molecule has 1 unspecified atom stereocenters. The lowest BCUT2D eigenvalue weighted by atomic mass is 9.69. The lowest BCUT2D eigenvalue weighted by Gasteiger charge is -2.49. The number of amides is 1. The van der Waals surface area contributed by atoms with Crippen molar-refractivity contribution >= 4 is 35.5 Å². The zero-order chi connectivity index (χ0) is 31.8. The number of carbonyl (C=O) groups excluding carboxylic acids is 2. The predicted octanol–water partition coefficient (Wildman–Crippen LogP) is 7.47. The number of nitrogens with one attached hydrogen (secondary N) is 1. The highest BCUT2D eigenvalue weighted by molar-refractivity contribution is 6.37. The van der Waals surface area contributed by atoms with Crippen LogP contribution >= 0.6 is 11.6 Å². The average Bonchev–Trinajstić information content (AvgIpc) is 2.95. The minimum Gasteiger partial charge on any atom is -0.481 e. The van der Waals surface area contributed by atoms with Crippen molar-refractivity contribution in [3.8, 4) is 0 Å². The third-order valence-electron chi connectivity index (χ3n) is 8.75. The van der Waals surface area contributed by atoms with E-state index in [9.17, 15) is 18.8 Å². The van der Waals surface area contributed by atoms with Crippen LogP contribution in [0.3, 0.4) is 0 Å². The number of halogens is 2. The molecule has 0 bridgehead atoms. The Morgan fingerprint density at radius 2 is 1.81 bits per heavy atom. The summed E-state index contributed by atoms with van der Waals surface area (Å²) >= 11 is 6.15. The van der Waals surface area contributed by atoms with Crippen molar-refractivity contribution in [3.63, 3.8) is 0 Å². The molecule has 1 saturated carbocycles. The molecule has 1 amide bonds. The molecule has 1 aliphatic carbocycles. The van der Waals surface area contributed by atoms with E-state index in [0.717, 1.165) is 50.5 Å². The number of unbranched alkanes of at least 4 members (excludes halogenated alkanes) is 1. The van der Waals surface area contributed by atoms with Crippen molar-refractivity contribution in [1.29, 1.82) is 0 Å². The molecule has 0 radical (unpaired) electrons. The van der Waals surface area contributed by atoms with Crippen molar-refractivity contribution in [3.05, 3.63) is 70.0 Å². The minimum absolute atomic E-state index is 0.0528. The Morgan fingerprint density at radius 1 is 1.16 bits per heavy atom. The molecular weight excluding hydrogens is 569 g/mol. The van der Waals surface area contributed by atoms with Crippen molar-refractivity contribution in [2.24, 2.45) is 16.3 Å². The first-order chi connectivity index (χ1) is 20.3. The van der Waals surface area contributed by atoms with Crippen LogP contribution in [0.25, 0.3) is 0 Å². The van der Waals surface area contributed by atoms with E-state index in [1.165, 1.54) is 12.1 Å². The van der Waals surface area contributed by atoms with Gasteiger partial charge in [-0.25, -0.2) is 4.39 Å². The summed E-state index contributed by atoms with van der Waals surface area (Å²) < 4.78 is 14.3. The molecule has 9 heteroatoms. The van der Waals surface area contributed by atoms with Crippen molar-refractivity contribution in [2.45, 2.75) is 90.8 Å². The molecule has 2 aromatic rings. The van der Waals surface area contributed by atoms with Gasteiger partial charge in [-0.2, -0.15) is 0 Å². The van der Waals surface area contributed by atoms with E-state index in [0.29, 0.717) is 23.3 Å². The molecule has 3 rings (SSSR count). The van der Waals surface area contributed by atoms with E-state index in [2.05, 4.69) is 45.0 Å². The number of hydrogen-bond donors (Lipinski definition) is 2. The van der Waals surface area contributed by atoms with Gasteiger partial charge in [0.25, 0.3) is 5.91 Å². The van der Waals surface area contributed by atoms with Crippen LogP contribution in [-0.2, 0) is 9.59 Å². The molecule has 0 heterocycles. The Hall–Kier alpha value is -3.10. The summed E-state index contributed by atoms with van der Waals surface area (Å²) in [6.07, 6.45) is 6.70. The SMILES string of the molecule is CCCCC(c1ccc(C(=O)NCCC(=O)O)cc1)N(C)C1(/N=C(\C=O)c2cc(F)cc(Cl)c2)CCC(C(C)(C)C)CC1. The maximum atomic E-state index is 14.3. The van der Waals surface area contributed by atoms with E-state index in [1.54, 1.807) is 18.2 Å². The fourth-order valence-corrected chi connectivity index (χ4v) is 6.31. The number of carbonyl (C=O) groups is 3. The molecule has 7 nitrogen and oxygen atoms in total. The van der Waals surface area contributed by atoms with Gasteiger partial charge in [-0.15, -0.1) is 0 Å². The average molecular weight is 614 g/mol. The molecule has 43 heavy (non-hydrogen) atoms. The zero-order valence-corrected chi connectivity index (χ0v) is 26.7. The summed E-state index contributed by atoms with van der Waals surface area (Å²) in [5.41, 5.74) is 1.43. The molecule has 1 aliphatic rings. The first kappa shape index (κ1) is 34.4. The molecular formula is C34H45ClFN3O4. The lowest BCUT2D eigenvalue weighted by molar-refractivity contribution is -0.136. The van der Waals surface area contributed by atoms with Crippen molar-refractivity contribution in [2.75, 3.05) is 13.6 Å². The van der Waals surface area contributed by atoms with Gasteiger partial charge >= 0.3 is 5.97 Å². The highest BCUT2D eigenvalue weighted by Crippen LogP contribution is 2.47. The molecule has 0 spiro atoms. The second-order valence-corrected chi connectivity index (χ2v) is 13.1. The number of aldehydes is 1. The third kappa shape index (κ3) is 9.19. The van der Waals surface area contributed by atoms with E-state index < -0.39 is 17.4 Å². The topological polar surface area (TPSA) is 99.1 Å². The highest BCUT2D eigenvalue weighted by atomic mass is 35.5. The van der Waals surface area contributed by atoms with Gasteiger partial charge in [-0.3, -0.25) is 24.3 Å². The Bertz CT molecular complexity index is 1280. The summed E-state index contributed by atoms with van der Waals surface area (Å²) in [7, 11) is 2.05. The van der Waals surface area contributed by atoms with E-state index >= 15 is 0 Å². The Labute approximate surface area is 259 Å². The fraction of sp³-hybridized carbons (Fsp3) is 0.529. The molecule has 0 aliphatic heterocycles. The van der Waals surface area contributed by atoms with Crippen LogP contribution in [0.2, 0.25) is 5.02 Å². The van der Waals surface area contributed by atoms with Crippen molar-refractivity contribution < 1.29 is 23.9 Å². The second-order valence-electron chi connectivity index (χ2n) is 12.7. The number of rotatable bonds is 13. The Morgan fingerprint density at radius 3 is 2.35 bits per heavy atom. The number of carboxylic acid groups (broad SMARTS) is 1. The van der Waals surface area contributed by atoms with Gasteiger partial charge in [0.2, 0.25) is 0 Å². The van der Waals surface area contributed by atoms with Gasteiger partial charge in [-0.05, 0) is 86.4 Å². The van der Waals surface area contributed by atoms with Crippen LogP contribution in [0, 0.1) is 17.2 Å². The lowest BCUT2D eigenvalue weighted by Crippen LogP contribution is -2.50. The Balaban J connectivity index is 2.02. The molecule has 234 valence electrons.